The van der Waals surface area contributed by atoms with Crippen molar-refractivity contribution >= 4 is 11.9 Å². The second kappa shape index (κ2) is 5.46. The van der Waals surface area contributed by atoms with Gasteiger partial charge in [-0.2, -0.15) is 0 Å². The number of carbonyl (C=O) groups excluding carboxylic acids is 1. The van der Waals surface area contributed by atoms with Crippen molar-refractivity contribution < 1.29 is 24.2 Å². The molecule has 0 saturated carbocycles. The number of methoxy groups -OCH3 is 1. The molecule has 0 aromatic heterocycles. The fourth-order valence-electron chi connectivity index (χ4n) is 1.50. The van der Waals surface area contributed by atoms with E-state index in [-0.39, 0.29) is 5.91 Å². The number of hydrogen-bond acceptors (Lipinski definition) is 4. The Hall–Kier alpha value is -1.14. The molecule has 6 heteroatoms. The summed E-state index contributed by atoms with van der Waals surface area (Å²) in [5.74, 6) is -1.30. The van der Waals surface area contributed by atoms with Gasteiger partial charge in [-0.05, 0) is 26.7 Å². The van der Waals surface area contributed by atoms with Gasteiger partial charge in [0.25, 0.3) is 0 Å². The molecule has 0 bridgehead atoms. The van der Waals surface area contributed by atoms with E-state index in [9.17, 15) is 9.59 Å². The molecule has 6 nitrogen and oxygen atoms in total. The quantitative estimate of drug-likeness (QED) is 0.720. The number of hydrogen-bond donors (Lipinski definition) is 2. The van der Waals surface area contributed by atoms with E-state index in [1.807, 2.05) is 13.8 Å². The lowest BCUT2D eigenvalue weighted by molar-refractivity contribution is -0.152. The summed E-state index contributed by atoms with van der Waals surface area (Å²) in [5, 5.41) is 11.4. The maximum atomic E-state index is 11.7. The van der Waals surface area contributed by atoms with Gasteiger partial charge in [-0.15, -0.1) is 0 Å². The Labute approximate surface area is 100 Å². The van der Waals surface area contributed by atoms with Crippen molar-refractivity contribution in [3.8, 4) is 0 Å². The lowest BCUT2D eigenvalue weighted by Gasteiger charge is -2.24. The average Bonchev–Trinajstić information content (AvgIpc) is 2.75. The molecule has 0 aliphatic carbocycles. The van der Waals surface area contributed by atoms with E-state index < -0.39 is 23.8 Å². The molecular formula is C11H19NO5. The van der Waals surface area contributed by atoms with Crippen molar-refractivity contribution in [3.63, 3.8) is 0 Å². The molecule has 1 aliphatic heterocycles. The van der Waals surface area contributed by atoms with Crippen LogP contribution in [0, 0.1) is 0 Å². The van der Waals surface area contributed by atoms with Crippen LogP contribution in [0.3, 0.4) is 0 Å². The molecule has 98 valence electrons. The monoisotopic (exact) mass is 245 g/mol. The van der Waals surface area contributed by atoms with Gasteiger partial charge in [0.15, 0.2) is 6.10 Å². The highest BCUT2D eigenvalue weighted by molar-refractivity contribution is 5.82. The Kier molecular flexibility index (Phi) is 4.47. The van der Waals surface area contributed by atoms with Gasteiger partial charge in [-0.1, -0.05) is 0 Å². The van der Waals surface area contributed by atoms with Gasteiger partial charge in [0.05, 0.1) is 5.60 Å². The van der Waals surface area contributed by atoms with Crippen LogP contribution in [0.25, 0.3) is 0 Å². The fourth-order valence-corrected chi connectivity index (χ4v) is 1.50. The first-order valence-electron chi connectivity index (χ1n) is 5.57. The summed E-state index contributed by atoms with van der Waals surface area (Å²) < 4.78 is 10.3. The van der Waals surface area contributed by atoms with Crippen LogP contribution < -0.4 is 5.32 Å². The van der Waals surface area contributed by atoms with Crippen molar-refractivity contribution in [2.75, 3.05) is 13.7 Å². The Morgan fingerprint density at radius 3 is 2.47 bits per heavy atom. The zero-order valence-electron chi connectivity index (χ0n) is 10.4. The van der Waals surface area contributed by atoms with Crippen LogP contribution in [0.4, 0.5) is 0 Å². The number of rotatable bonds is 5. The summed E-state index contributed by atoms with van der Waals surface area (Å²) in [4.78, 5) is 22.3. The molecular weight excluding hydrogens is 226 g/mol. The molecule has 17 heavy (non-hydrogen) atoms. The number of amides is 1. The maximum absolute atomic E-state index is 11.7. The predicted octanol–water partition coefficient (Wildman–Crippen LogP) is 0.160. The van der Waals surface area contributed by atoms with Crippen LogP contribution in [0.2, 0.25) is 0 Å². The van der Waals surface area contributed by atoms with Crippen LogP contribution in [-0.4, -0.2) is 48.4 Å². The molecule has 1 fully saturated rings. The SMILES string of the molecule is COC(C)(C)CNC(=O)C1CCC(C(=O)O)O1. The van der Waals surface area contributed by atoms with Crippen molar-refractivity contribution in [2.45, 2.75) is 44.5 Å². The third-order valence-corrected chi connectivity index (χ3v) is 2.83. The second-order valence-electron chi connectivity index (χ2n) is 4.71. The zero-order valence-corrected chi connectivity index (χ0v) is 10.4. The molecule has 1 rings (SSSR count). The molecule has 1 saturated heterocycles. The molecule has 1 amide bonds. The molecule has 1 aliphatic rings. The van der Waals surface area contributed by atoms with E-state index in [4.69, 9.17) is 14.6 Å². The number of carbonyl (C=O) groups is 2. The molecule has 2 N–H and O–H groups in total. The maximum Gasteiger partial charge on any atom is 0.332 e. The number of carboxylic acids is 1. The van der Waals surface area contributed by atoms with Crippen LogP contribution in [0.5, 0.6) is 0 Å². The van der Waals surface area contributed by atoms with E-state index in [2.05, 4.69) is 5.32 Å². The van der Waals surface area contributed by atoms with Crippen LogP contribution >= 0.6 is 0 Å². The standard InChI is InChI=1S/C11H19NO5/c1-11(2,16-3)6-12-9(13)7-4-5-8(17-7)10(14)15/h7-8H,4-6H2,1-3H3,(H,12,13)(H,14,15). The summed E-state index contributed by atoms with van der Waals surface area (Å²) in [5.41, 5.74) is -0.444. The van der Waals surface area contributed by atoms with E-state index >= 15 is 0 Å². The van der Waals surface area contributed by atoms with Crippen molar-refractivity contribution in [2.24, 2.45) is 0 Å². The first kappa shape index (κ1) is 13.9. The van der Waals surface area contributed by atoms with Crippen molar-refractivity contribution in [1.29, 1.82) is 0 Å². The minimum atomic E-state index is -1.02. The molecule has 2 unspecified atom stereocenters. The summed E-state index contributed by atoms with van der Waals surface area (Å²) in [6.45, 7) is 4.06. The summed E-state index contributed by atoms with van der Waals surface area (Å²) in [6, 6.07) is 0. The van der Waals surface area contributed by atoms with Gasteiger partial charge in [-0.25, -0.2) is 4.79 Å². The Morgan fingerprint density at radius 2 is 2.00 bits per heavy atom. The highest BCUT2D eigenvalue weighted by Crippen LogP contribution is 2.20. The molecule has 0 radical (unpaired) electrons. The van der Waals surface area contributed by atoms with E-state index in [1.165, 1.54) is 0 Å². The molecule has 1 heterocycles. The Morgan fingerprint density at radius 1 is 1.41 bits per heavy atom. The van der Waals surface area contributed by atoms with Gasteiger partial charge < -0.3 is 19.9 Å². The Balaban J connectivity index is 2.37. The smallest absolute Gasteiger partial charge is 0.332 e. The van der Waals surface area contributed by atoms with E-state index in [0.717, 1.165) is 0 Å². The lowest BCUT2D eigenvalue weighted by atomic mass is 10.1. The number of carboxylic acid groups (broad SMARTS) is 1. The van der Waals surface area contributed by atoms with Crippen molar-refractivity contribution in [1.82, 2.24) is 5.32 Å². The number of ether oxygens (including phenoxy) is 2. The van der Waals surface area contributed by atoms with E-state index in [0.29, 0.717) is 19.4 Å². The molecule has 0 aromatic rings. The third-order valence-electron chi connectivity index (χ3n) is 2.83. The van der Waals surface area contributed by atoms with Crippen LogP contribution in [-0.2, 0) is 19.1 Å². The zero-order chi connectivity index (χ0) is 13.1. The van der Waals surface area contributed by atoms with Gasteiger partial charge in [0.2, 0.25) is 5.91 Å². The fraction of sp³-hybridized carbons (Fsp3) is 0.818. The summed E-state index contributed by atoms with van der Waals surface area (Å²) in [6.07, 6.45) is -0.706. The van der Waals surface area contributed by atoms with Crippen LogP contribution in [0.1, 0.15) is 26.7 Å². The second-order valence-corrected chi connectivity index (χ2v) is 4.71. The molecule has 0 aromatic carbocycles. The molecule has 0 spiro atoms. The number of nitrogens with one attached hydrogen (secondary N) is 1. The minimum Gasteiger partial charge on any atom is -0.479 e. The van der Waals surface area contributed by atoms with Gasteiger partial charge in [0.1, 0.15) is 6.10 Å². The third kappa shape index (κ3) is 3.98. The minimum absolute atomic E-state index is 0.279. The highest BCUT2D eigenvalue weighted by atomic mass is 16.5. The van der Waals surface area contributed by atoms with Crippen LogP contribution in [0.15, 0.2) is 0 Å². The first-order chi connectivity index (χ1) is 7.85. The van der Waals surface area contributed by atoms with Crippen molar-refractivity contribution in [3.05, 3.63) is 0 Å². The van der Waals surface area contributed by atoms with Gasteiger partial charge in [0, 0.05) is 13.7 Å². The number of aliphatic carboxylic acids is 1. The first-order valence-corrected chi connectivity index (χ1v) is 5.57. The topological polar surface area (TPSA) is 84.9 Å². The van der Waals surface area contributed by atoms with Gasteiger partial charge in [-0.3, -0.25) is 4.79 Å². The lowest BCUT2D eigenvalue weighted by Crippen LogP contribution is -2.44. The summed E-state index contributed by atoms with van der Waals surface area (Å²) >= 11 is 0. The largest absolute Gasteiger partial charge is 0.479 e. The summed E-state index contributed by atoms with van der Waals surface area (Å²) in [7, 11) is 1.57. The predicted molar refractivity (Wildman–Crippen MR) is 59.6 cm³/mol. The normalized spacial score (nSPS) is 24.6. The van der Waals surface area contributed by atoms with Gasteiger partial charge >= 0.3 is 5.97 Å². The Bertz CT molecular complexity index is 302. The molecule has 2 atom stereocenters. The highest BCUT2D eigenvalue weighted by Gasteiger charge is 2.35. The average molecular weight is 245 g/mol. The van der Waals surface area contributed by atoms with E-state index in [1.54, 1.807) is 7.11 Å².